The van der Waals surface area contributed by atoms with Gasteiger partial charge in [0.25, 0.3) is 0 Å². The Morgan fingerprint density at radius 3 is 1.22 bits per heavy atom. The molecule has 0 bridgehead atoms. The first-order valence-electron chi connectivity index (χ1n) is 7.08. The molecule has 2 fully saturated rings. The molecule has 0 amide bonds. The van der Waals surface area contributed by atoms with E-state index in [1.807, 2.05) is 0 Å². The summed E-state index contributed by atoms with van der Waals surface area (Å²) in [7, 11) is 0. The summed E-state index contributed by atoms with van der Waals surface area (Å²) >= 11 is 0. The molecular weight excluding hydrogens is 320 g/mol. The Kier molecular flexibility index (Phi) is 6.27. The lowest BCUT2D eigenvalue weighted by Gasteiger charge is -2.44. The van der Waals surface area contributed by atoms with Crippen molar-refractivity contribution in [2.45, 2.75) is 61.4 Å². The van der Waals surface area contributed by atoms with Crippen LogP contribution in [0.2, 0.25) is 0 Å². The van der Waals surface area contributed by atoms with Crippen molar-refractivity contribution in [3.63, 3.8) is 0 Å². The molecule has 2 aliphatic rings. The van der Waals surface area contributed by atoms with Crippen molar-refractivity contribution in [2.24, 2.45) is 0 Å². The lowest BCUT2D eigenvalue weighted by atomic mass is 9.98. The van der Waals surface area contributed by atoms with E-state index in [0.29, 0.717) is 0 Å². The molecule has 11 nitrogen and oxygen atoms in total. The topological polar surface area (TPSA) is 190 Å². The summed E-state index contributed by atoms with van der Waals surface area (Å²) in [4.78, 5) is 0. The van der Waals surface area contributed by atoms with Gasteiger partial charge in [-0.1, -0.05) is 0 Å². The molecule has 11 heteroatoms. The third kappa shape index (κ3) is 3.65. The molecule has 0 aromatic rings. The number of aliphatic hydroxyl groups excluding tert-OH is 8. The molecule has 0 aromatic carbocycles. The van der Waals surface area contributed by atoms with E-state index >= 15 is 0 Å². The van der Waals surface area contributed by atoms with Gasteiger partial charge in [-0.25, -0.2) is 0 Å². The second-order valence-corrected chi connectivity index (χ2v) is 5.53. The SMILES string of the molecule is OC[C@@H]1O[C@H](O[C@H]2O[C@H](CO)[C@@H](O)[C@@H](O)[C@H]2O)[C@H](O)[C@H](O)[C@@H]1O. The average molecular weight is 342 g/mol. The van der Waals surface area contributed by atoms with Crippen LogP contribution < -0.4 is 0 Å². The summed E-state index contributed by atoms with van der Waals surface area (Å²) in [5.74, 6) is 0. The van der Waals surface area contributed by atoms with Crippen molar-refractivity contribution in [1.29, 1.82) is 0 Å². The van der Waals surface area contributed by atoms with Crippen molar-refractivity contribution in [3.8, 4) is 0 Å². The molecular formula is C12H22O11. The molecule has 0 spiro atoms. The van der Waals surface area contributed by atoms with E-state index < -0.39 is 74.6 Å². The van der Waals surface area contributed by atoms with Gasteiger partial charge >= 0.3 is 0 Å². The largest absolute Gasteiger partial charge is 0.394 e. The van der Waals surface area contributed by atoms with Crippen LogP contribution in [0.4, 0.5) is 0 Å². The lowest BCUT2D eigenvalue weighted by Crippen LogP contribution is -2.63. The Hall–Kier alpha value is -0.440. The molecule has 0 saturated carbocycles. The third-order valence-corrected chi connectivity index (χ3v) is 3.97. The highest BCUT2D eigenvalue weighted by molar-refractivity contribution is 4.92. The summed E-state index contributed by atoms with van der Waals surface area (Å²) in [5.41, 5.74) is 0. The minimum atomic E-state index is -1.72. The van der Waals surface area contributed by atoms with Crippen molar-refractivity contribution >= 4 is 0 Å². The van der Waals surface area contributed by atoms with E-state index in [4.69, 9.17) is 24.4 Å². The van der Waals surface area contributed by atoms with Gasteiger partial charge in [0.05, 0.1) is 13.2 Å². The number of aliphatic hydroxyl groups is 8. The summed E-state index contributed by atoms with van der Waals surface area (Å²) < 4.78 is 15.3. The van der Waals surface area contributed by atoms with Gasteiger partial charge in [-0.2, -0.15) is 0 Å². The van der Waals surface area contributed by atoms with Crippen LogP contribution in [0, 0.1) is 0 Å². The Balaban J connectivity index is 2.07. The second-order valence-electron chi connectivity index (χ2n) is 5.53. The summed E-state index contributed by atoms with van der Waals surface area (Å²) in [5, 5.41) is 76.4. The van der Waals surface area contributed by atoms with Crippen molar-refractivity contribution < 1.29 is 55.1 Å². The fourth-order valence-electron chi connectivity index (χ4n) is 2.49. The van der Waals surface area contributed by atoms with E-state index in [9.17, 15) is 30.6 Å². The second kappa shape index (κ2) is 7.63. The zero-order valence-electron chi connectivity index (χ0n) is 12.0. The molecule has 2 aliphatic heterocycles. The number of ether oxygens (including phenoxy) is 3. The minimum Gasteiger partial charge on any atom is -0.394 e. The number of rotatable bonds is 4. The number of hydrogen-bond donors (Lipinski definition) is 8. The Labute approximate surface area is 130 Å². The van der Waals surface area contributed by atoms with Gasteiger partial charge < -0.3 is 55.1 Å². The molecule has 0 aromatic heterocycles. The standard InChI is InChI=1S/C12H22O11/c13-1-3-5(15)7(17)9(19)11(21-3)23-12-10(20)8(18)6(16)4(2-14)22-12/h3-20H,1-2H2/t3-,4+,5-,6-,7-,8-,9-,10-,11-,12-/m1/s1. The van der Waals surface area contributed by atoms with Crippen molar-refractivity contribution in [2.75, 3.05) is 13.2 Å². The van der Waals surface area contributed by atoms with Gasteiger partial charge in [0.2, 0.25) is 0 Å². The predicted octanol–water partition coefficient (Wildman–Crippen LogP) is -5.40. The zero-order chi connectivity index (χ0) is 17.3. The maximum absolute atomic E-state index is 9.84. The first-order valence-corrected chi connectivity index (χ1v) is 7.08. The zero-order valence-corrected chi connectivity index (χ0v) is 12.0. The molecule has 0 radical (unpaired) electrons. The van der Waals surface area contributed by atoms with Gasteiger partial charge in [-0.3, -0.25) is 0 Å². The van der Waals surface area contributed by atoms with Gasteiger partial charge in [0.15, 0.2) is 12.6 Å². The van der Waals surface area contributed by atoms with E-state index in [1.54, 1.807) is 0 Å². The summed E-state index contributed by atoms with van der Waals surface area (Å²) in [6, 6.07) is 0. The maximum Gasteiger partial charge on any atom is 0.189 e. The van der Waals surface area contributed by atoms with E-state index in [0.717, 1.165) is 0 Å². The van der Waals surface area contributed by atoms with Crippen LogP contribution in [0.25, 0.3) is 0 Å². The van der Waals surface area contributed by atoms with Gasteiger partial charge in [0.1, 0.15) is 48.8 Å². The van der Waals surface area contributed by atoms with Crippen LogP contribution in [-0.4, -0.2) is 115 Å². The molecule has 23 heavy (non-hydrogen) atoms. The highest BCUT2D eigenvalue weighted by Gasteiger charge is 2.49. The molecule has 0 aliphatic carbocycles. The smallest absolute Gasteiger partial charge is 0.189 e. The minimum absolute atomic E-state index is 0.667. The fourth-order valence-corrected chi connectivity index (χ4v) is 2.49. The molecule has 2 heterocycles. The van der Waals surface area contributed by atoms with E-state index in [-0.39, 0.29) is 0 Å². The van der Waals surface area contributed by atoms with Crippen LogP contribution in [0.15, 0.2) is 0 Å². The highest BCUT2D eigenvalue weighted by atomic mass is 16.8. The van der Waals surface area contributed by atoms with Gasteiger partial charge in [-0.15, -0.1) is 0 Å². The molecule has 8 N–H and O–H groups in total. The van der Waals surface area contributed by atoms with Crippen LogP contribution in [-0.2, 0) is 14.2 Å². The molecule has 10 atom stereocenters. The Bertz CT molecular complexity index is 344. The monoisotopic (exact) mass is 342 g/mol. The predicted molar refractivity (Wildman–Crippen MR) is 68.6 cm³/mol. The molecule has 2 rings (SSSR count). The van der Waals surface area contributed by atoms with Crippen LogP contribution in [0.5, 0.6) is 0 Å². The summed E-state index contributed by atoms with van der Waals surface area (Å²) in [6.45, 7) is -1.33. The maximum atomic E-state index is 9.84. The number of hydrogen-bond acceptors (Lipinski definition) is 11. The van der Waals surface area contributed by atoms with Gasteiger partial charge in [0, 0.05) is 0 Å². The quantitative estimate of drug-likeness (QED) is 0.243. The van der Waals surface area contributed by atoms with E-state index in [1.165, 1.54) is 0 Å². The van der Waals surface area contributed by atoms with Gasteiger partial charge in [-0.05, 0) is 0 Å². The first kappa shape index (κ1) is 18.9. The normalized spacial score (nSPS) is 51.7. The Morgan fingerprint density at radius 2 is 0.913 bits per heavy atom. The van der Waals surface area contributed by atoms with E-state index in [2.05, 4.69) is 0 Å². The first-order chi connectivity index (χ1) is 10.8. The molecule has 136 valence electrons. The van der Waals surface area contributed by atoms with Crippen LogP contribution >= 0.6 is 0 Å². The fraction of sp³-hybridized carbons (Fsp3) is 1.00. The highest BCUT2D eigenvalue weighted by Crippen LogP contribution is 2.27. The van der Waals surface area contributed by atoms with Crippen LogP contribution in [0.3, 0.4) is 0 Å². The van der Waals surface area contributed by atoms with Crippen molar-refractivity contribution in [1.82, 2.24) is 0 Å². The summed E-state index contributed by atoms with van der Waals surface area (Å²) in [6.07, 6.45) is -15.6. The lowest BCUT2D eigenvalue weighted by molar-refractivity contribution is -0.376. The third-order valence-electron chi connectivity index (χ3n) is 3.97. The molecule has 2 saturated heterocycles. The van der Waals surface area contributed by atoms with Crippen LogP contribution in [0.1, 0.15) is 0 Å². The Morgan fingerprint density at radius 1 is 0.565 bits per heavy atom. The average Bonchev–Trinajstić information content (AvgIpc) is 2.55. The van der Waals surface area contributed by atoms with Crippen molar-refractivity contribution in [3.05, 3.63) is 0 Å². The molecule has 0 unspecified atom stereocenters.